The molecule has 0 aliphatic carbocycles. The van der Waals surface area contributed by atoms with Crippen molar-refractivity contribution >= 4 is 50.7 Å². The van der Waals surface area contributed by atoms with Gasteiger partial charge in [0.1, 0.15) is 5.75 Å². The molecular formula is C23H27BrClN3O3. The number of hydrogen-bond acceptors (Lipinski definition) is 4. The largest absolute Gasteiger partial charge is 0.496 e. The van der Waals surface area contributed by atoms with Gasteiger partial charge in [-0.3, -0.25) is 9.59 Å². The lowest BCUT2D eigenvalue weighted by Gasteiger charge is -2.39. The molecular weight excluding hydrogens is 482 g/mol. The first kappa shape index (κ1) is 23.4. The van der Waals surface area contributed by atoms with Crippen molar-refractivity contribution in [2.75, 3.05) is 43.5 Å². The van der Waals surface area contributed by atoms with E-state index >= 15 is 0 Å². The van der Waals surface area contributed by atoms with Gasteiger partial charge >= 0.3 is 0 Å². The molecule has 0 saturated carbocycles. The summed E-state index contributed by atoms with van der Waals surface area (Å²) in [5.41, 5.74) is 1.54. The van der Waals surface area contributed by atoms with Crippen molar-refractivity contribution in [1.82, 2.24) is 4.90 Å². The third-order valence-corrected chi connectivity index (χ3v) is 5.96. The lowest BCUT2D eigenvalue weighted by Crippen LogP contribution is -2.51. The van der Waals surface area contributed by atoms with Gasteiger partial charge < -0.3 is 19.9 Å². The smallest absolute Gasteiger partial charge is 0.259 e. The third-order valence-electron chi connectivity index (χ3n) is 5.16. The monoisotopic (exact) mass is 507 g/mol. The number of anilines is 2. The normalized spacial score (nSPS) is 14.4. The van der Waals surface area contributed by atoms with Gasteiger partial charge in [0, 0.05) is 41.8 Å². The number of nitrogens with one attached hydrogen (secondary N) is 1. The zero-order valence-electron chi connectivity index (χ0n) is 18.2. The van der Waals surface area contributed by atoms with Gasteiger partial charge in [-0.05, 0) is 36.4 Å². The van der Waals surface area contributed by atoms with Crippen molar-refractivity contribution in [3.05, 3.63) is 51.5 Å². The van der Waals surface area contributed by atoms with Gasteiger partial charge in [-0.2, -0.15) is 0 Å². The van der Waals surface area contributed by atoms with Gasteiger partial charge in [-0.1, -0.05) is 48.3 Å². The lowest BCUT2D eigenvalue weighted by atomic mass is 9.94. The van der Waals surface area contributed by atoms with Crippen LogP contribution < -0.4 is 15.0 Å². The van der Waals surface area contributed by atoms with Crippen LogP contribution in [0.15, 0.2) is 40.9 Å². The van der Waals surface area contributed by atoms with Gasteiger partial charge in [0.05, 0.1) is 23.4 Å². The maximum atomic E-state index is 12.7. The van der Waals surface area contributed by atoms with Crippen molar-refractivity contribution in [2.45, 2.75) is 20.8 Å². The van der Waals surface area contributed by atoms with E-state index in [-0.39, 0.29) is 17.2 Å². The summed E-state index contributed by atoms with van der Waals surface area (Å²) in [6.45, 7) is 8.56. The Hall–Kier alpha value is -2.25. The molecule has 6 nitrogen and oxygen atoms in total. The number of piperazine rings is 1. The molecule has 1 aliphatic rings. The van der Waals surface area contributed by atoms with E-state index in [0.29, 0.717) is 48.2 Å². The first-order valence-corrected chi connectivity index (χ1v) is 11.3. The van der Waals surface area contributed by atoms with Crippen LogP contribution in [0.25, 0.3) is 0 Å². The molecule has 1 saturated heterocycles. The number of hydrogen-bond donors (Lipinski definition) is 1. The molecule has 0 aromatic heterocycles. The Morgan fingerprint density at radius 3 is 2.32 bits per heavy atom. The lowest BCUT2D eigenvalue weighted by molar-refractivity contribution is -0.139. The molecule has 1 heterocycles. The van der Waals surface area contributed by atoms with Gasteiger partial charge in [-0.25, -0.2) is 0 Å². The van der Waals surface area contributed by atoms with Crippen LogP contribution in [0.3, 0.4) is 0 Å². The van der Waals surface area contributed by atoms with Crippen LogP contribution in [0.5, 0.6) is 5.75 Å². The van der Waals surface area contributed by atoms with E-state index in [1.807, 2.05) is 43.9 Å². The van der Waals surface area contributed by atoms with Crippen LogP contribution in [0.1, 0.15) is 31.1 Å². The summed E-state index contributed by atoms with van der Waals surface area (Å²) in [6, 6.07) is 10.7. The summed E-state index contributed by atoms with van der Waals surface area (Å²) >= 11 is 9.92. The van der Waals surface area contributed by atoms with Crippen LogP contribution in [-0.2, 0) is 4.79 Å². The van der Waals surface area contributed by atoms with Gasteiger partial charge in [0.2, 0.25) is 5.91 Å². The Morgan fingerprint density at radius 1 is 1.06 bits per heavy atom. The zero-order chi connectivity index (χ0) is 22.8. The predicted octanol–water partition coefficient (Wildman–Crippen LogP) is 5.06. The molecule has 1 fully saturated rings. The van der Waals surface area contributed by atoms with E-state index in [4.69, 9.17) is 16.3 Å². The highest BCUT2D eigenvalue weighted by molar-refractivity contribution is 9.10. The molecule has 0 spiro atoms. The Balaban J connectivity index is 1.68. The number of benzene rings is 2. The highest BCUT2D eigenvalue weighted by Gasteiger charge is 2.30. The summed E-state index contributed by atoms with van der Waals surface area (Å²) in [6.07, 6.45) is 0. The number of amides is 2. The number of methoxy groups -OCH3 is 1. The van der Waals surface area contributed by atoms with E-state index in [9.17, 15) is 9.59 Å². The van der Waals surface area contributed by atoms with Gasteiger partial charge in [0.15, 0.2) is 0 Å². The van der Waals surface area contributed by atoms with Crippen molar-refractivity contribution in [1.29, 1.82) is 0 Å². The van der Waals surface area contributed by atoms with Crippen molar-refractivity contribution < 1.29 is 14.3 Å². The van der Waals surface area contributed by atoms with Crippen LogP contribution >= 0.6 is 27.5 Å². The van der Waals surface area contributed by atoms with Crippen LogP contribution in [0.2, 0.25) is 5.02 Å². The summed E-state index contributed by atoms with van der Waals surface area (Å²) in [5, 5.41) is 3.42. The van der Waals surface area contributed by atoms with Crippen molar-refractivity contribution in [3.8, 4) is 5.75 Å². The minimum Gasteiger partial charge on any atom is -0.496 e. The Morgan fingerprint density at radius 2 is 1.74 bits per heavy atom. The molecule has 31 heavy (non-hydrogen) atoms. The first-order chi connectivity index (χ1) is 14.6. The molecule has 2 aromatic rings. The molecule has 0 radical (unpaired) electrons. The maximum Gasteiger partial charge on any atom is 0.259 e. The molecule has 1 aliphatic heterocycles. The SMILES string of the molecule is COc1ccc(Br)cc1C(=O)Nc1ccc(N2CCN(C(=O)C(C)(C)C)CC2)c(Cl)c1. The minimum absolute atomic E-state index is 0.166. The Kier molecular flexibility index (Phi) is 7.17. The summed E-state index contributed by atoms with van der Waals surface area (Å²) in [7, 11) is 1.53. The molecule has 2 aromatic carbocycles. The van der Waals surface area contributed by atoms with Crippen molar-refractivity contribution in [2.24, 2.45) is 5.41 Å². The molecule has 1 N–H and O–H groups in total. The highest BCUT2D eigenvalue weighted by Crippen LogP contribution is 2.31. The second kappa shape index (κ2) is 9.49. The Bertz CT molecular complexity index is 983. The quantitative estimate of drug-likeness (QED) is 0.627. The zero-order valence-corrected chi connectivity index (χ0v) is 20.5. The van der Waals surface area contributed by atoms with Crippen LogP contribution in [0.4, 0.5) is 11.4 Å². The average molecular weight is 509 g/mol. The summed E-state index contributed by atoms with van der Waals surface area (Å²) in [4.78, 5) is 29.3. The van der Waals surface area contributed by atoms with Crippen molar-refractivity contribution in [3.63, 3.8) is 0 Å². The van der Waals surface area contributed by atoms with E-state index < -0.39 is 0 Å². The van der Waals surface area contributed by atoms with Crippen LogP contribution in [-0.4, -0.2) is 50.0 Å². The predicted molar refractivity (Wildman–Crippen MR) is 128 cm³/mol. The van der Waals surface area contributed by atoms with E-state index in [2.05, 4.69) is 26.1 Å². The molecule has 0 bridgehead atoms. The highest BCUT2D eigenvalue weighted by atomic mass is 79.9. The van der Waals surface area contributed by atoms with E-state index in [1.165, 1.54) is 7.11 Å². The molecule has 0 atom stereocenters. The minimum atomic E-state index is -0.378. The topological polar surface area (TPSA) is 61.9 Å². The van der Waals surface area contributed by atoms with Gasteiger partial charge in [-0.15, -0.1) is 0 Å². The maximum absolute atomic E-state index is 12.7. The molecule has 0 unspecified atom stereocenters. The van der Waals surface area contributed by atoms with Gasteiger partial charge in [0.25, 0.3) is 5.91 Å². The second-order valence-corrected chi connectivity index (χ2v) is 9.82. The Labute approximate surface area is 196 Å². The van der Waals surface area contributed by atoms with E-state index in [1.54, 1.807) is 18.2 Å². The number of halogens is 2. The molecule has 3 rings (SSSR count). The molecule has 2 amide bonds. The number of ether oxygens (including phenoxy) is 1. The third kappa shape index (κ3) is 5.52. The first-order valence-electron chi connectivity index (χ1n) is 10.1. The fourth-order valence-corrected chi connectivity index (χ4v) is 4.18. The number of nitrogens with zero attached hydrogens (tertiary/aromatic N) is 2. The summed E-state index contributed by atoms with van der Waals surface area (Å²) < 4.78 is 6.07. The second-order valence-electron chi connectivity index (χ2n) is 8.49. The fraction of sp³-hybridized carbons (Fsp3) is 0.391. The number of rotatable bonds is 4. The summed E-state index contributed by atoms with van der Waals surface area (Å²) in [5.74, 6) is 0.377. The average Bonchev–Trinajstić information content (AvgIpc) is 2.73. The van der Waals surface area contributed by atoms with E-state index in [0.717, 1.165) is 10.2 Å². The fourth-order valence-electron chi connectivity index (χ4n) is 3.52. The molecule has 8 heteroatoms. The number of carbonyl (C=O) groups is 2. The molecule has 166 valence electrons. The number of carbonyl (C=O) groups excluding carboxylic acids is 2. The standard InChI is InChI=1S/C23H27BrClN3O3/c1-23(2,3)22(30)28-11-9-27(10-12-28)19-7-6-16(14-18(19)25)26-21(29)17-13-15(24)5-8-20(17)31-4/h5-8,13-14H,9-12H2,1-4H3,(H,26,29). The van der Waals surface area contributed by atoms with Crippen LogP contribution in [0, 0.1) is 5.41 Å².